The molecule has 0 fully saturated rings. The molecule has 0 saturated carbocycles. The summed E-state index contributed by atoms with van der Waals surface area (Å²) in [5.74, 6) is -2.80. The molecule has 0 amide bonds. The smallest absolute Gasteiger partial charge is 1.00 e. The number of unbranched alkanes of at least 4 members (excludes halogenated alkanes) is 17. The molecule has 0 aromatic heterocycles. The maximum atomic E-state index is 11.7. The normalized spacial score (nSPS) is 12.2. The third-order valence-electron chi connectivity index (χ3n) is 6.10. The van der Waals surface area contributed by atoms with Crippen LogP contribution in [-0.4, -0.2) is 55.1 Å². The van der Waals surface area contributed by atoms with Gasteiger partial charge in [0, 0.05) is 6.61 Å². The molecule has 0 aromatic carbocycles. The van der Waals surface area contributed by atoms with E-state index in [1.165, 1.54) is 103 Å². The van der Waals surface area contributed by atoms with Gasteiger partial charge in [-0.15, -0.1) is 0 Å². The Morgan fingerprint density at radius 3 is 1.44 bits per heavy atom. The largest absolute Gasteiger partial charge is 1.00 e. The Morgan fingerprint density at radius 1 is 0.694 bits per heavy atom. The van der Waals surface area contributed by atoms with Crippen molar-refractivity contribution in [3.8, 4) is 0 Å². The predicted octanol–water partition coefficient (Wildman–Crippen LogP) is 3.44. The van der Waals surface area contributed by atoms with Gasteiger partial charge < -0.3 is 16.0 Å². The van der Waals surface area contributed by atoms with E-state index >= 15 is 0 Å². The molecule has 0 aromatic rings. The van der Waals surface area contributed by atoms with E-state index in [2.05, 4.69) is 6.92 Å². The van der Waals surface area contributed by atoms with Gasteiger partial charge in [0.1, 0.15) is 6.61 Å². The fraction of sp³-hybridized carbons (Fsp3) is 0.923. The maximum absolute atomic E-state index is 11.7. The van der Waals surface area contributed by atoms with Gasteiger partial charge in [0.2, 0.25) is 0 Å². The molecule has 210 valence electrons. The molecule has 0 spiro atoms. The SMILES string of the molecule is CCCCCCCCCCCCCCCCCCCCOCCOC(=O)C(CC(=O)O)S(=O)(=O)O.[H-].[Na+]. The summed E-state index contributed by atoms with van der Waals surface area (Å²) in [7, 11) is -4.83. The molecule has 36 heavy (non-hydrogen) atoms. The molecular formula is C26H51NaO8S. The van der Waals surface area contributed by atoms with Gasteiger partial charge >= 0.3 is 41.5 Å². The monoisotopic (exact) mass is 546 g/mol. The first-order valence-electron chi connectivity index (χ1n) is 13.7. The van der Waals surface area contributed by atoms with E-state index in [1.54, 1.807) is 0 Å². The summed E-state index contributed by atoms with van der Waals surface area (Å²) < 4.78 is 41.2. The fourth-order valence-corrected chi connectivity index (χ4v) is 4.64. The molecule has 0 heterocycles. The van der Waals surface area contributed by atoms with Gasteiger partial charge in [-0.3, -0.25) is 14.1 Å². The second-order valence-corrected chi connectivity index (χ2v) is 11.0. The Bertz CT molecular complexity index is 634. The van der Waals surface area contributed by atoms with Crippen molar-refractivity contribution in [3.63, 3.8) is 0 Å². The summed E-state index contributed by atoms with van der Waals surface area (Å²) in [4.78, 5) is 22.3. The minimum Gasteiger partial charge on any atom is -1.00 e. The molecule has 0 aliphatic rings. The number of esters is 1. The minimum absolute atomic E-state index is 0. The molecule has 0 aliphatic heterocycles. The zero-order valence-corrected chi connectivity index (χ0v) is 25.7. The molecular weight excluding hydrogens is 495 g/mol. The average Bonchev–Trinajstić information content (AvgIpc) is 2.79. The predicted molar refractivity (Wildman–Crippen MR) is 139 cm³/mol. The van der Waals surface area contributed by atoms with Crippen LogP contribution in [-0.2, 0) is 29.2 Å². The molecule has 8 nitrogen and oxygen atoms in total. The van der Waals surface area contributed by atoms with E-state index in [0.717, 1.165) is 12.8 Å². The number of hydrogen-bond donors (Lipinski definition) is 2. The van der Waals surface area contributed by atoms with Crippen LogP contribution < -0.4 is 29.6 Å². The number of carboxylic acid groups (broad SMARTS) is 1. The van der Waals surface area contributed by atoms with Crippen molar-refractivity contribution in [2.45, 2.75) is 134 Å². The summed E-state index contributed by atoms with van der Waals surface area (Å²) in [6.45, 7) is 2.69. The summed E-state index contributed by atoms with van der Waals surface area (Å²) >= 11 is 0. The topological polar surface area (TPSA) is 127 Å². The first kappa shape index (κ1) is 38.0. The van der Waals surface area contributed by atoms with Gasteiger partial charge in [-0.05, 0) is 6.42 Å². The Labute approximate surface area is 243 Å². The van der Waals surface area contributed by atoms with Crippen molar-refractivity contribution >= 4 is 22.1 Å². The number of hydrogen-bond acceptors (Lipinski definition) is 6. The molecule has 0 rings (SSSR count). The molecule has 2 N–H and O–H groups in total. The summed E-state index contributed by atoms with van der Waals surface area (Å²) in [6, 6.07) is 0. The van der Waals surface area contributed by atoms with Crippen LogP contribution in [0.5, 0.6) is 0 Å². The molecule has 10 heteroatoms. The van der Waals surface area contributed by atoms with Crippen molar-refractivity contribution in [2.24, 2.45) is 0 Å². The Kier molecular flexibility index (Phi) is 27.9. The number of carboxylic acids is 1. The zero-order chi connectivity index (χ0) is 26.2. The van der Waals surface area contributed by atoms with Gasteiger partial charge in [0.15, 0.2) is 5.25 Å². The van der Waals surface area contributed by atoms with E-state index in [9.17, 15) is 18.0 Å². The van der Waals surface area contributed by atoms with Crippen molar-refractivity contribution in [3.05, 3.63) is 0 Å². The number of carbonyl (C=O) groups excluding carboxylic acids is 1. The van der Waals surface area contributed by atoms with E-state index in [-0.39, 0.29) is 44.2 Å². The van der Waals surface area contributed by atoms with Crippen LogP contribution in [0.25, 0.3) is 0 Å². The van der Waals surface area contributed by atoms with Gasteiger partial charge in [-0.1, -0.05) is 116 Å². The van der Waals surface area contributed by atoms with Crippen LogP contribution >= 0.6 is 0 Å². The van der Waals surface area contributed by atoms with Crippen LogP contribution in [0.4, 0.5) is 0 Å². The number of rotatable bonds is 26. The Morgan fingerprint density at radius 2 is 1.08 bits per heavy atom. The molecule has 0 aliphatic carbocycles. The van der Waals surface area contributed by atoms with E-state index in [0.29, 0.717) is 6.61 Å². The summed E-state index contributed by atoms with van der Waals surface area (Å²) in [6.07, 6.45) is 22.5. The van der Waals surface area contributed by atoms with Crippen LogP contribution in [0.1, 0.15) is 130 Å². The van der Waals surface area contributed by atoms with Crippen LogP contribution in [0, 0.1) is 0 Å². The molecule has 1 unspecified atom stereocenters. The van der Waals surface area contributed by atoms with Crippen LogP contribution in [0.15, 0.2) is 0 Å². The van der Waals surface area contributed by atoms with Crippen molar-refractivity contribution < 1.29 is 68.1 Å². The third kappa shape index (κ3) is 25.5. The van der Waals surface area contributed by atoms with Crippen molar-refractivity contribution in [2.75, 3.05) is 19.8 Å². The number of aliphatic carboxylic acids is 1. The number of ether oxygens (including phenoxy) is 2. The third-order valence-corrected chi connectivity index (χ3v) is 7.17. The van der Waals surface area contributed by atoms with Crippen LogP contribution in [0.3, 0.4) is 0 Å². The Balaban J connectivity index is -0.00000578. The first-order chi connectivity index (χ1) is 16.8. The van der Waals surface area contributed by atoms with Crippen molar-refractivity contribution in [1.29, 1.82) is 0 Å². The Hall–Kier alpha value is -0.190. The van der Waals surface area contributed by atoms with Gasteiger partial charge in [0.25, 0.3) is 10.1 Å². The van der Waals surface area contributed by atoms with E-state index in [4.69, 9.17) is 19.1 Å². The minimum atomic E-state index is -4.83. The van der Waals surface area contributed by atoms with Crippen LogP contribution in [0.2, 0.25) is 0 Å². The van der Waals surface area contributed by atoms with E-state index < -0.39 is 33.7 Å². The molecule has 0 radical (unpaired) electrons. The summed E-state index contributed by atoms with van der Waals surface area (Å²) in [5, 5.41) is 6.52. The second-order valence-electron chi connectivity index (χ2n) is 9.39. The molecule has 0 bridgehead atoms. The fourth-order valence-electron chi connectivity index (χ4n) is 3.97. The quantitative estimate of drug-likeness (QED) is 0.0731. The molecule has 1 atom stereocenters. The average molecular weight is 547 g/mol. The van der Waals surface area contributed by atoms with Gasteiger partial charge in [-0.2, -0.15) is 8.42 Å². The summed E-state index contributed by atoms with van der Waals surface area (Å²) in [5.41, 5.74) is 0. The molecule has 0 saturated heterocycles. The van der Waals surface area contributed by atoms with E-state index in [1.807, 2.05) is 0 Å². The van der Waals surface area contributed by atoms with Gasteiger partial charge in [-0.25, -0.2) is 0 Å². The second kappa shape index (κ2) is 26.4. The van der Waals surface area contributed by atoms with Gasteiger partial charge in [0.05, 0.1) is 13.0 Å². The van der Waals surface area contributed by atoms with Crippen molar-refractivity contribution in [1.82, 2.24) is 0 Å². The standard InChI is InChI=1S/C26H50O8S.Na.H/c1-2-3-4-5-6-7-8-9-10-11-12-13-14-15-16-17-18-19-20-33-21-22-34-26(29)24(23-25(27)28)35(30,31)32;;/h24H,2-23H2,1H3,(H,27,28)(H,30,31,32);;/q;+1;-1. The first-order valence-corrected chi connectivity index (χ1v) is 15.2. The number of carbonyl (C=O) groups is 2. The maximum Gasteiger partial charge on any atom is 1.00 e. The zero-order valence-electron chi connectivity index (χ0n) is 23.9.